The number of likely N-dealkylation sites (tertiary alicyclic amines) is 1. The number of aromatic nitrogens is 2. The molecule has 4 rings (SSSR count). The Bertz CT molecular complexity index is 952. The summed E-state index contributed by atoms with van der Waals surface area (Å²) < 4.78 is 5.43. The van der Waals surface area contributed by atoms with Crippen LogP contribution >= 0.6 is 0 Å². The van der Waals surface area contributed by atoms with Crippen molar-refractivity contribution in [1.82, 2.24) is 15.1 Å². The first kappa shape index (κ1) is 18.5. The van der Waals surface area contributed by atoms with Gasteiger partial charge in [-0.25, -0.2) is 0 Å². The number of carbonyl (C=O) groups excluding carboxylic acids is 1. The molecule has 6 nitrogen and oxygen atoms in total. The monoisotopic (exact) mass is 378 g/mol. The number of ether oxygens (including phenoxy) is 1. The average molecular weight is 378 g/mol. The largest absolute Gasteiger partial charge is 0.484 e. The number of nitrogens with zero attached hydrogens (tertiary/aromatic N) is 2. The van der Waals surface area contributed by atoms with Crippen LogP contribution in [-0.4, -0.2) is 40.7 Å². The third-order valence-electron chi connectivity index (χ3n) is 5.32. The van der Waals surface area contributed by atoms with Gasteiger partial charge in [-0.15, -0.1) is 0 Å². The van der Waals surface area contributed by atoms with Crippen LogP contribution in [0.15, 0.2) is 48.7 Å². The Kier molecular flexibility index (Phi) is 5.58. The smallest absolute Gasteiger partial charge is 0.255 e. The van der Waals surface area contributed by atoms with E-state index in [2.05, 4.69) is 39.4 Å². The molecule has 1 atom stereocenters. The number of fused-ring (bicyclic) bond motifs is 1. The Hall–Kier alpha value is -2.86. The Balaban J connectivity index is 1.35. The van der Waals surface area contributed by atoms with Crippen LogP contribution in [0.25, 0.3) is 10.9 Å². The van der Waals surface area contributed by atoms with Gasteiger partial charge in [-0.3, -0.25) is 14.8 Å². The summed E-state index contributed by atoms with van der Waals surface area (Å²) in [5, 5.41) is 8.30. The molecule has 1 amide bonds. The fourth-order valence-corrected chi connectivity index (χ4v) is 4.06. The van der Waals surface area contributed by atoms with Crippen LogP contribution in [0.3, 0.4) is 0 Å². The summed E-state index contributed by atoms with van der Waals surface area (Å²) in [6.45, 7) is 3.01. The van der Waals surface area contributed by atoms with Crippen molar-refractivity contribution < 1.29 is 9.53 Å². The lowest BCUT2D eigenvalue weighted by Gasteiger charge is -2.33. The average Bonchev–Trinajstić information content (AvgIpc) is 3.15. The molecule has 0 bridgehead atoms. The molecule has 0 saturated carbocycles. The maximum Gasteiger partial charge on any atom is 0.255 e. The summed E-state index contributed by atoms with van der Waals surface area (Å²) in [5.41, 5.74) is 8.82. The van der Waals surface area contributed by atoms with Crippen LogP contribution < -0.4 is 10.5 Å². The summed E-state index contributed by atoms with van der Waals surface area (Å²) in [6.07, 6.45) is 5.47. The molecule has 1 aliphatic rings. The molecule has 1 saturated heterocycles. The summed E-state index contributed by atoms with van der Waals surface area (Å²) in [5.74, 6) is 0.892. The third kappa shape index (κ3) is 4.70. The zero-order valence-corrected chi connectivity index (χ0v) is 15.9. The molecule has 1 aliphatic heterocycles. The highest BCUT2D eigenvalue weighted by Gasteiger charge is 2.20. The molecule has 0 radical (unpaired) electrons. The van der Waals surface area contributed by atoms with E-state index in [1.165, 1.54) is 29.4 Å². The van der Waals surface area contributed by atoms with Gasteiger partial charge in [0.1, 0.15) is 5.75 Å². The van der Waals surface area contributed by atoms with Gasteiger partial charge in [-0.2, -0.15) is 5.10 Å². The normalized spacial score (nSPS) is 17.6. The van der Waals surface area contributed by atoms with Crippen LogP contribution in [0.2, 0.25) is 0 Å². The number of carbonyl (C=O) groups is 1. The predicted octanol–water partition coefficient (Wildman–Crippen LogP) is 2.88. The van der Waals surface area contributed by atoms with Crippen LogP contribution in [0.5, 0.6) is 5.75 Å². The topological polar surface area (TPSA) is 84.2 Å². The first-order chi connectivity index (χ1) is 13.7. The lowest BCUT2D eigenvalue weighted by molar-refractivity contribution is -0.119. The van der Waals surface area contributed by atoms with Crippen molar-refractivity contribution in [2.45, 2.75) is 25.8 Å². The number of nitrogens with one attached hydrogen (secondary N) is 1. The number of nitrogens with two attached hydrogens (primary N) is 1. The summed E-state index contributed by atoms with van der Waals surface area (Å²) in [4.78, 5) is 13.4. The van der Waals surface area contributed by atoms with Crippen molar-refractivity contribution >= 4 is 16.8 Å². The molecule has 28 heavy (non-hydrogen) atoms. The number of aromatic amines is 1. The quantitative estimate of drug-likeness (QED) is 0.662. The lowest BCUT2D eigenvalue weighted by atomic mass is 9.90. The van der Waals surface area contributed by atoms with E-state index in [0.29, 0.717) is 11.7 Å². The van der Waals surface area contributed by atoms with E-state index in [1.54, 1.807) is 0 Å². The van der Waals surface area contributed by atoms with Gasteiger partial charge in [0.15, 0.2) is 6.61 Å². The molecule has 0 aliphatic carbocycles. The van der Waals surface area contributed by atoms with E-state index in [4.69, 9.17) is 10.5 Å². The van der Waals surface area contributed by atoms with E-state index in [1.807, 2.05) is 24.4 Å². The van der Waals surface area contributed by atoms with Crippen molar-refractivity contribution in [3.8, 4) is 5.75 Å². The minimum Gasteiger partial charge on any atom is -0.484 e. The Morgan fingerprint density at radius 2 is 2.18 bits per heavy atom. The van der Waals surface area contributed by atoms with E-state index in [9.17, 15) is 4.79 Å². The van der Waals surface area contributed by atoms with Gasteiger partial charge in [0, 0.05) is 18.5 Å². The maximum absolute atomic E-state index is 10.9. The lowest BCUT2D eigenvalue weighted by Crippen LogP contribution is -2.35. The van der Waals surface area contributed by atoms with E-state index in [0.717, 1.165) is 31.6 Å². The number of primary amides is 1. The molecule has 3 aromatic rings. The standard InChI is InChI=1S/C22H26N4O2/c23-22(27)15-28-20-5-1-3-18(11-20)14-26-8-2-4-17(13-26)9-16-6-7-21-19(10-16)12-24-25-21/h1,3,5-7,10-12,17H,2,4,8-9,13-15H2,(H2,23,27)(H,24,25)/t17-/m0/s1. The van der Waals surface area contributed by atoms with Crippen molar-refractivity contribution in [3.05, 3.63) is 59.8 Å². The third-order valence-corrected chi connectivity index (χ3v) is 5.32. The van der Waals surface area contributed by atoms with Gasteiger partial charge in [-0.1, -0.05) is 18.2 Å². The first-order valence-corrected chi connectivity index (χ1v) is 9.80. The molecular weight excluding hydrogens is 352 g/mol. The van der Waals surface area contributed by atoms with Crippen molar-refractivity contribution in [2.24, 2.45) is 11.7 Å². The molecule has 1 aromatic heterocycles. The van der Waals surface area contributed by atoms with E-state index >= 15 is 0 Å². The van der Waals surface area contributed by atoms with Crippen molar-refractivity contribution in [3.63, 3.8) is 0 Å². The summed E-state index contributed by atoms with van der Waals surface area (Å²) in [6, 6.07) is 14.5. The highest BCUT2D eigenvalue weighted by molar-refractivity contribution is 5.78. The molecular formula is C22H26N4O2. The van der Waals surface area contributed by atoms with Crippen LogP contribution in [-0.2, 0) is 17.8 Å². The second kappa shape index (κ2) is 8.44. The summed E-state index contributed by atoms with van der Waals surface area (Å²) >= 11 is 0. The van der Waals surface area contributed by atoms with Gasteiger partial charge < -0.3 is 10.5 Å². The van der Waals surface area contributed by atoms with Gasteiger partial charge in [-0.05, 0) is 67.1 Å². The molecule has 6 heteroatoms. The summed E-state index contributed by atoms with van der Waals surface area (Å²) in [7, 11) is 0. The molecule has 0 unspecified atom stereocenters. The molecule has 2 aromatic carbocycles. The fraction of sp³-hybridized carbons (Fsp3) is 0.364. The number of piperidine rings is 1. The molecule has 3 N–H and O–H groups in total. The Morgan fingerprint density at radius 3 is 3.07 bits per heavy atom. The number of amides is 1. The van der Waals surface area contributed by atoms with E-state index in [-0.39, 0.29) is 6.61 Å². The number of hydrogen-bond acceptors (Lipinski definition) is 4. The van der Waals surface area contributed by atoms with Gasteiger partial charge in [0.05, 0.1) is 11.7 Å². The van der Waals surface area contributed by atoms with Crippen LogP contribution in [0, 0.1) is 5.92 Å². The van der Waals surface area contributed by atoms with Crippen LogP contribution in [0.1, 0.15) is 24.0 Å². The fourth-order valence-electron chi connectivity index (χ4n) is 4.06. The molecule has 2 heterocycles. The molecule has 146 valence electrons. The van der Waals surface area contributed by atoms with E-state index < -0.39 is 5.91 Å². The zero-order valence-electron chi connectivity index (χ0n) is 15.9. The minimum absolute atomic E-state index is 0.0871. The highest BCUT2D eigenvalue weighted by atomic mass is 16.5. The van der Waals surface area contributed by atoms with Crippen molar-refractivity contribution in [1.29, 1.82) is 0 Å². The minimum atomic E-state index is -0.460. The van der Waals surface area contributed by atoms with Gasteiger partial charge >= 0.3 is 0 Å². The molecule has 0 spiro atoms. The van der Waals surface area contributed by atoms with Gasteiger partial charge in [0.2, 0.25) is 0 Å². The SMILES string of the molecule is NC(=O)COc1cccc(CN2CCC[C@@H](Cc3ccc4[nH]ncc4c3)C2)c1. The van der Waals surface area contributed by atoms with Crippen LogP contribution in [0.4, 0.5) is 0 Å². The Morgan fingerprint density at radius 1 is 1.25 bits per heavy atom. The van der Waals surface area contributed by atoms with Gasteiger partial charge in [0.25, 0.3) is 5.91 Å². The zero-order chi connectivity index (χ0) is 19.3. The second-order valence-electron chi connectivity index (χ2n) is 7.64. The number of rotatable bonds is 7. The first-order valence-electron chi connectivity index (χ1n) is 9.80. The second-order valence-corrected chi connectivity index (χ2v) is 7.64. The number of H-pyrrole nitrogens is 1. The maximum atomic E-state index is 10.9. The molecule has 1 fully saturated rings. The number of hydrogen-bond donors (Lipinski definition) is 2. The predicted molar refractivity (Wildman–Crippen MR) is 109 cm³/mol. The Labute approximate surface area is 164 Å². The number of benzene rings is 2. The van der Waals surface area contributed by atoms with Crippen molar-refractivity contribution in [2.75, 3.05) is 19.7 Å². The highest BCUT2D eigenvalue weighted by Crippen LogP contribution is 2.24.